The van der Waals surface area contributed by atoms with Crippen LogP contribution in [0.3, 0.4) is 0 Å². The molecular weight excluding hydrogens is 458 g/mol. The van der Waals surface area contributed by atoms with Crippen LogP contribution < -0.4 is 26.2 Å². The molecule has 6 nitrogen and oxygen atoms in total. The number of ketones is 1. The minimum Gasteiger partial charge on any atom is -0.384 e. The Kier molecular flexibility index (Phi) is 5.76. The maximum atomic E-state index is 13.8. The molecule has 1 amide bonds. The van der Waals surface area contributed by atoms with Gasteiger partial charge in [-0.15, -0.1) is 11.3 Å². The SMILES string of the molecule is NC(=O)C1=c2sc(=Cc3ccccc3)c(=O)n2C(N)=C(C(=O)c2ccccc2)C1c1ccccc1. The van der Waals surface area contributed by atoms with Gasteiger partial charge in [0.25, 0.3) is 5.56 Å². The second-order valence-electron chi connectivity index (χ2n) is 8.08. The molecule has 1 aliphatic rings. The highest BCUT2D eigenvalue weighted by molar-refractivity contribution is 7.07. The summed E-state index contributed by atoms with van der Waals surface area (Å²) < 4.78 is 1.96. The Hall–Kier alpha value is -4.49. The molecule has 3 aromatic carbocycles. The number of hydrogen-bond acceptors (Lipinski definition) is 5. The van der Waals surface area contributed by atoms with Crippen molar-refractivity contribution < 1.29 is 9.59 Å². The van der Waals surface area contributed by atoms with Gasteiger partial charge in [-0.3, -0.25) is 19.0 Å². The van der Waals surface area contributed by atoms with Crippen LogP contribution in [0.4, 0.5) is 0 Å². The molecule has 5 rings (SSSR count). The Balaban J connectivity index is 1.87. The monoisotopic (exact) mass is 479 g/mol. The van der Waals surface area contributed by atoms with E-state index in [9.17, 15) is 14.4 Å². The summed E-state index contributed by atoms with van der Waals surface area (Å²) in [5.41, 5.74) is 14.3. The van der Waals surface area contributed by atoms with Gasteiger partial charge in [-0.1, -0.05) is 91.0 Å². The number of nitrogens with two attached hydrogens (primary N) is 2. The summed E-state index contributed by atoms with van der Waals surface area (Å²) in [5.74, 6) is -1.90. The number of carbonyl (C=O) groups excluding carboxylic acids is 2. The summed E-state index contributed by atoms with van der Waals surface area (Å²) in [6.07, 6.45) is 1.74. The molecule has 0 spiro atoms. The van der Waals surface area contributed by atoms with E-state index in [4.69, 9.17) is 11.5 Å². The lowest BCUT2D eigenvalue weighted by atomic mass is 9.80. The number of fused-ring (bicyclic) bond motifs is 1. The Morgan fingerprint density at radius 1 is 0.829 bits per heavy atom. The predicted octanol–water partition coefficient (Wildman–Crippen LogP) is 2.18. The van der Waals surface area contributed by atoms with Gasteiger partial charge in [0, 0.05) is 11.5 Å². The topological polar surface area (TPSA) is 108 Å². The lowest BCUT2D eigenvalue weighted by molar-refractivity contribution is -0.113. The molecule has 7 heteroatoms. The number of amides is 1. The van der Waals surface area contributed by atoms with Crippen LogP contribution >= 0.6 is 11.3 Å². The third-order valence-corrected chi connectivity index (χ3v) is 7.03. The molecule has 2 heterocycles. The fraction of sp³-hybridized carbons (Fsp3) is 0.0357. The molecule has 0 saturated carbocycles. The number of allylic oxidation sites excluding steroid dienone is 1. The van der Waals surface area contributed by atoms with Crippen molar-refractivity contribution in [3.05, 3.63) is 133 Å². The summed E-state index contributed by atoms with van der Waals surface area (Å²) in [7, 11) is 0. The fourth-order valence-corrected chi connectivity index (χ4v) is 5.52. The van der Waals surface area contributed by atoms with E-state index in [-0.39, 0.29) is 22.8 Å². The van der Waals surface area contributed by atoms with E-state index >= 15 is 0 Å². The highest BCUT2D eigenvalue weighted by Gasteiger charge is 2.37. The number of nitrogens with zero attached hydrogens (tertiary/aromatic N) is 1. The highest BCUT2D eigenvalue weighted by atomic mass is 32.1. The van der Waals surface area contributed by atoms with Crippen molar-refractivity contribution >= 4 is 40.5 Å². The van der Waals surface area contributed by atoms with Crippen molar-refractivity contribution in [2.75, 3.05) is 0 Å². The number of benzene rings is 3. The Bertz CT molecular complexity index is 1650. The maximum absolute atomic E-state index is 13.8. The normalized spacial score (nSPS) is 15.7. The van der Waals surface area contributed by atoms with Crippen LogP contribution in [-0.4, -0.2) is 16.3 Å². The summed E-state index contributed by atoms with van der Waals surface area (Å²) in [4.78, 5) is 40.1. The summed E-state index contributed by atoms with van der Waals surface area (Å²) in [6, 6.07) is 27.1. The summed E-state index contributed by atoms with van der Waals surface area (Å²) in [5, 5.41) is 0. The first kappa shape index (κ1) is 22.3. The van der Waals surface area contributed by atoms with E-state index in [1.165, 1.54) is 4.57 Å². The zero-order valence-corrected chi connectivity index (χ0v) is 19.4. The minimum absolute atomic E-state index is 0.00154. The van der Waals surface area contributed by atoms with E-state index in [2.05, 4.69) is 0 Å². The Morgan fingerprint density at radius 3 is 2.00 bits per heavy atom. The van der Waals surface area contributed by atoms with Crippen LogP contribution in [0.1, 0.15) is 27.4 Å². The van der Waals surface area contributed by atoms with Crippen molar-refractivity contribution in [1.29, 1.82) is 0 Å². The molecule has 0 saturated heterocycles. The number of rotatable bonds is 5. The van der Waals surface area contributed by atoms with Crippen molar-refractivity contribution in [2.24, 2.45) is 11.5 Å². The zero-order valence-electron chi connectivity index (χ0n) is 18.5. The molecule has 0 bridgehead atoms. The van der Waals surface area contributed by atoms with Crippen LogP contribution in [0.2, 0.25) is 0 Å². The number of hydrogen-bond donors (Lipinski definition) is 2. The van der Waals surface area contributed by atoms with Gasteiger partial charge in [-0.2, -0.15) is 0 Å². The third-order valence-electron chi connectivity index (χ3n) is 5.92. The fourth-order valence-electron chi connectivity index (χ4n) is 4.34. The van der Waals surface area contributed by atoms with Gasteiger partial charge in [-0.05, 0) is 17.2 Å². The lowest BCUT2D eigenvalue weighted by Gasteiger charge is -2.27. The van der Waals surface area contributed by atoms with Gasteiger partial charge >= 0.3 is 0 Å². The number of thiazole rings is 1. The van der Waals surface area contributed by atoms with E-state index < -0.39 is 17.4 Å². The van der Waals surface area contributed by atoms with Crippen LogP contribution in [0, 0.1) is 0 Å². The van der Waals surface area contributed by atoms with Crippen molar-refractivity contribution in [2.45, 2.75) is 5.92 Å². The van der Waals surface area contributed by atoms with Crippen LogP contribution in [0.5, 0.6) is 0 Å². The predicted molar refractivity (Wildman–Crippen MR) is 138 cm³/mol. The molecule has 1 atom stereocenters. The molecule has 0 aliphatic carbocycles. The van der Waals surface area contributed by atoms with Crippen LogP contribution in [0.25, 0.3) is 17.5 Å². The number of primary amides is 1. The molecule has 4 N–H and O–H groups in total. The van der Waals surface area contributed by atoms with Crippen molar-refractivity contribution in [3.63, 3.8) is 0 Å². The van der Waals surface area contributed by atoms with Crippen LogP contribution in [-0.2, 0) is 4.79 Å². The first-order valence-corrected chi connectivity index (χ1v) is 11.8. The minimum atomic E-state index is -0.816. The largest absolute Gasteiger partial charge is 0.384 e. The molecule has 4 aromatic rings. The quantitative estimate of drug-likeness (QED) is 0.428. The molecule has 0 radical (unpaired) electrons. The van der Waals surface area contributed by atoms with Gasteiger partial charge in [-0.25, -0.2) is 0 Å². The molecule has 172 valence electrons. The molecule has 0 fully saturated rings. The number of Topliss-reactive ketones (excluding diaryl/α,β-unsaturated/α-hetero) is 1. The zero-order chi connectivity index (χ0) is 24.5. The lowest BCUT2D eigenvalue weighted by Crippen LogP contribution is -2.42. The first-order chi connectivity index (χ1) is 17.0. The molecule has 1 aromatic heterocycles. The Morgan fingerprint density at radius 2 is 1.40 bits per heavy atom. The second kappa shape index (κ2) is 9.04. The highest BCUT2D eigenvalue weighted by Crippen LogP contribution is 2.37. The molecular formula is C28H21N3O3S. The van der Waals surface area contributed by atoms with E-state index in [0.29, 0.717) is 20.3 Å². The van der Waals surface area contributed by atoms with E-state index in [1.807, 2.05) is 60.7 Å². The van der Waals surface area contributed by atoms with Gasteiger partial charge in [0.1, 0.15) is 10.5 Å². The molecule has 35 heavy (non-hydrogen) atoms. The maximum Gasteiger partial charge on any atom is 0.274 e. The summed E-state index contributed by atoms with van der Waals surface area (Å²) >= 11 is 1.14. The van der Waals surface area contributed by atoms with E-state index in [0.717, 1.165) is 16.9 Å². The van der Waals surface area contributed by atoms with Gasteiger partial charge in [0.2, 0.25) is 5.91 Å². The van der Waals surface area contributed by atoms with Gasteiger partial charge in [0.15, 0.2) is 5.78 Å². The second-order valence-corrected chi connectivity index (χ2v) is 9.11. The smallest absolute Gasteiger partial charge is 0.274 e. The standard InChI is InChI=1S/C28H21N3O3S/c29-25-22(24(32)19-14-8-3-9-15-19)21(18-12-6-2-7-13-18)23(26(30)33)28-31(25)27(34)20(35-28)16-17-10-4-1-5-11-17/h1-16,21H,29H2,(H2,30,33). The molecule has 1 unspecified atom stereocenters. The molecule has 1 aliphatic heterocycles. The number of aromatic nitrogens is 1. The summed E-state index contributed by atoms with van der Waals surface area (Å²) in [6.45, 7) is 0. The van der Waals surface area contributed by atoms with Crippen molar-refractivity contribution in [3.8, 4) is 0 Å². The van der Waals surface area contributed by atoms with Gasteiger partial charge < -0.3 is 11.5 Å². The average Bonchev–Trinajstić information content (AvgIpc) is 3.20. The average molecular weight is 480 g/mol. The van der Waals surface area contributed by atoms with Gasteiger partial charge in [0.05, 0.1) is 15.7 Å². The third kappa shape index (κ3) is 3.92. The van der Waals surface area contributed by atoms with Crippen molar-refractivity contribution in [1.82, 2.24) is 4.57 Å². The number of carbonyl (C=O) groups is 2. The van der Waals surface area contributed by atoms with Crippen LogP contribution in [0.15, 0.2) is 101 Å². The first-order valence-electron chi connectivity index (χ1n) is 10.9. The Labute approximate surface area is 204 Å². The van der Waals surface area contributed by atoms with E-state index in [1.54, 1.807) is 36.4 Å².